The molecule has 0 saturated carbocycles. The van der Waals surface area contributed by atoms with Gasteiger partial charge in [-0.05, 0) is 30.2 Å². The van der Waals surface area contributed by atoms with Crippen LogP contribution in [0.5, 0.6) is 0 Å². The normalized spacial score (nSPS) is 11.6. The van der Waals surface area contributed by atoms with E-state index in [1.54, 1.807) is 0 Å². The van der Waals surface area contributed by atoms with Gasteiger partial charge in [0.2, 0.25) is 0 Å². The van der Waals surface area contributed by atoms with Crippen molar-refractivity contribution < 1.29 is 0 Å². The maximum Gasteiger partial charge on any atom is 0.0956 e. The molecule has 0 spiro atoms. The first-order valence-electron chi connectivity index (χ1n) is 6.65. The molecule has 0 unspecified atom stereocenters. The fourth-order valence-corrected chi connectivity index (χ4v) is 2.72. The molecule has 4 rings (SSSR count). The summed E-state index contributed by atoms with van der Waals surface area (Å²) in [4.78, 5) is 4.78. The van der Waals surface area contributed by atoms with Crippen molar-refractivity contribution in [2.45, 2.75) is 13.3 Å². The standard InChI is InChI=1S/C17H14N2/c1-2-12-7-8-16-17-14(9-10-19(16)11-12)13-5-3-4-6-15(13)18-17/h3-11H,2H2,1H3. The quantitative estimate of drug-likeness (QED) is 0.493. The van der Waals surface area contributed by atoms with Gasteiger partial charge >= 0.3 is 0 Å². The van der Waals surface area contributed by atoms with E-state index in [2.05, 4.69) is 60.1 Å². The maximum absolute atomic E-state index is 4.78. The molecule has 1 aromatic carbocycles. The molecular weight excluding hydrogens is 232 g/mol. The van der Waals surface area contributed by atoms with E-state index < -0.39 is 0 Å². The van der Waals surface area contributed by atoms with Crippen molar-refractivity contribution in [3.05, 3.63) is 60.4 Å². The van der Waals surface area contributed by atoms with Crippen molar-refractivity contribution in [3.8, 4) is 11.3 Å². The minimum absolute atomic E-state index is 1.05. The van der Waals surface area contributed by atoms with Crippen molar-refractivity contribution in [3.63, 3.8) is 0 Å². The second-order valence-corrected chi connectivity index (χ2v) is 4.89. The summed E-state index contributed by atoms with van der Waals surface area (Å²) in [7, 11) is 0. The molecule has 92 valence electrons. The fourth-order valence-electron chi connectivity index (χ4n) is 2.72. The van der Waals surface area contributed by atoms with E-state index in [0.717, 1.165) is 17.6 Å². The van der Waals surface area contributed by atoms with E-state index in [4.69, 9.17) is 4.98 Å². The first kappa shape index (κ1) is 10.6. The number of pyridine rings is 2. The molecule has 0 aliphatic carbocycles. The van der Waals surface area contributed by atoms with Crippen molar-refractivity contribution in [2.75, 3.05) is 0 Å². The van der Waals surface area contributed by atoms with Gasteiger partial charge in [0.05, 0.1) is 16.7 Å². The van der Waals surface area contributed by atoms with Crippen LogP contribution in [0, 0.1) is 0 Å². The first-order chi connectivity index (χ1) is 9.36. The summed E-state index contributed by atoms with van der Waals surface area (Å²) < 4.78 is 2.17. The highest BCUT2D eigenvalue weighted by molar-refractivity contribution is 6.01. The monoisotopic (exact) mass is 246 g/mol. The molecule has 0 amide bonds. The molecule has 3 heterocycles. The van der Waals surface area contributed by atoms with Crippen molar-refractivity contribution in [2.24, 2.45) is 0 Å². The lowest BCUT2D eigenvalue weighted by molar-refractivity contribution is 1.06. The van der Waals surface area contributed by atoms with Crippen LogP contribution < -0.4 is 0 Å². The van der Waals surface area contributed by atoms with Crippen LogP contribution in [-0.2, 0) is 6.42 Å². The van der Waals surface area contributed by atoms with Gasteiger partial charge in [-0.15, -0.1) is 0 Å². The summed E-state index contributed by atoms with van der Waals surface area (Å²) >= 11 is 0. The number of hydrogen-bond donors (Lipinski definition) is 0. The van der Waals surface area contributed by atoms with Crippen LogP contribution in [0.15, 0.2) is 54.9 Å². The Kier molecular flexibility index (Phi) is 2.12. The number of hydrogen-bond acceptors (Lipinski definition) is 1. The third kappa shape index (κ3) is 1.46. The number of fused-ring (bicyclic) bond motifs is 5. The topological polar surface area (TPSA) is 17.3 Å². The highest BCUT2D eigenvalue weighted by Gasteiger charge is 2.14. The van der Waals surface area contributed by atoms with Crippen molar-refractivity contribution >= 4 is 16.4 Å². The predicted molar refractivity (Wildman–Crippen MR) is 78.7 cm³/mol. The van der Waals surface area contributed by atoms with E-state index in [1.807, 2.05) is 6.07 Å². The zero-order chi connectivity index (χ0) is 12.8. The lowest BCUT2D eigenvalue weighted by Gasteiger charge is -2.08. The van der Waals surface area contributed by atoms with Crippen molar-refractivity contribution in [1.82, 2.24) is 9.38 Å². The molecule has 19 heavy (non-hydrogen) atoms. The zero-order valence-corrected chi connectivity index (χ0v) is 10.8. The molecule has 0 atom stereocenters. The predicted octanol–water partition coefficient (Wildman–Crippen LogP) is 4.15. The van der Waals surface area contributed by atoms with Crippen LogP contribution in [0.2, 0.25) is 0 Å². The average Bonchev–Trinajstić information content (AvgIpc) is 2.85. The molecule has 2 aliphatic rings. The van der Waals surface area contributed by atoms with Gasteiger partial charge in [0.1, 0.15) is 0 Å². The maximum atomic E-state index is 4.78. The molecule has 1 aromatic heterocycles. The van der Waals surface area contributed by atoms with Gasteiger partial charge in [-0.2, -0.15) is 0 Å². The van der Waals surface area contributed by atoms with Crippen LogP contribution in [0.25, 0.3) is 27.7 Å². The van der Waals surface area contributed by atoms with Gasteiger partial charge in [0, 0.05) is 23.3 Å². The Hall–Kier alpha value is -2.35. The number of rotatable bonds is 1. The number of benzene rings is 1. The van der Waals surface area contributed by atoms with E-state index in [0.29, 0.717) is 0 Å². The molecule has 0 N–H and O–H groups in total. The molecule has 0 radical (unpaired) electrons. The van der Waals surface area contributed by atoms with Gasteiger partial charge in [0.25, 0.3) is 0 Å². The lowest BCUT2D eigenvalue weighted by Crippen LogP contribution is -1.94. The molecule has 2 nitrogen and oxygen atoms in total. The Bertz CT molecular complexity index is 858. The summed E-state index contributed by atoms with van der Waals surface area (Å²) in [5.74, 6) is 0. The second kappa shape index (κ2) is 3.82. The lowest BCUT2D eigenvalue weighted by atomic mass is 10.1. The van der Waals surface area contributed by atoms with E-state index >= 15 is 0 Å². The number of aryl methyl sites for hydroxylation is 1. The number of aromatic nitrogens is 2. The molecule has 2 aromatic rings. The molecular formula is C17H14N2. The Labute approximate surface area is 111 Å². The van der Waals surface area contributed by atoms with E-state index in [-0.39, 0.29) is 0 Å². The highest BCUT2D eigenvalue weighted by atomic mass is 14.9. The van der Waals surface area contributed by atoms with Gasteiger partial charge in [0.15, 0.2) is 0 Å². The number of para-hydroxylation sites is 1. The fraction of sp³-hybridized carbons (Fsp3) is 0.118. The average molecular weight is 246 g/mol. The SMILES string of the molecule is CCc1ccc2c3nc4ccccc4c-3ccn2c1. The highest BCUT2D eigenvalue weighted by Crippen LogP contribution is 2.33. The van der Waals surface area contributed by atoms with Crippen LogP contribution in [0.3, 0.4) is 0 Å². The Balaban J connectivity index is 2.15. The Morgan fingerprint density at radius 1 is 1.05 bits per heavy atom. The van der Waals surface area contributed by atoms with Gasteiger partial charge in [-0.3, -0.25) is 0 Å². The van der Waals surface area contributed by atoms with Crippen LogP contribution in [-0.4, -0.2) is 9.38 Å². The molecule has 2 aliphatic heterocycles. The third-order valence-electron chi connectivity index (χ3n) is 3.77. The summed E-state index contributed by atoms with van der Waals surface area (Å²) in [6.07, 6.45) is 5.37. The molecule has 2 heteroatoms. The molecule has 0 fully saturated rings. The summed E-state index contributed by atoms with van der Waals surface area (Å²) in [5.41, 5.74) is 5.91. The largest absolute Gasteiger partial charge is 0.322 e. The van der Waals surface area contributed by atoms with Gasteiger partial charge in [-0.1, -0.05) is 31.2 Å². The van der Waals surface area contributed by atoms with Gasteiger partial charge in [-0.25, -0.2) is 4.98 Å². The summed E-state index contributed by atoms with van der Waals surface area (Å²) in [5, 5.41) is 1.24. The first-order valence-corrected chi connectivity index (χ1v) is 6.65. The van der Waals surface area contributed by atoms with Gasteiger partial charge < -0.3 is 4.40 Å². The van der Waals surface area contributed by atoms with E-state index in [9.17, 15) is 0 Å². The third-order valence-corrected chi connectivity index (χ3v) is 3.77. The summed E-state index contributed by atoms with van der Waals surface area (Å²) in [6.45, 7) is 2.18. The van der Waals surface area contributed by atoms with Crippen LogP contribution >= 0.6 is 0 Å². The minimum Gasteiger partial charge on any atom is -0.322 e. The second-order valence-electron chi connectivity index (χ2n) is 4.89. The Morgan fingerprint density at radius 2 is 1.95 bits per heavy atom. The molecule has 0 saturated heterocycles. The molecule has 0 bridgehead atoms. The summed E-state index contributed by atoms with van der Waals surface area (Å²) in [6, 6.07) is 14.9. The minimum atomic E-state index is 1.05. The van der Waals surface area contributed by atoms with E-state index in [1.165, 1.54) is 22.0 Å². The van der Waals surface area contributed by atoms with Crippen LogP contribution in [0.1, 0.15) is 12.5 Å². The zero-order valence-electron chi connectivity index (χ0n) is 10.8. The van der Waals surface area contributed by atoms with Crippen LogP contribution in [0.4, 0.5) is 0 Å². The number of nitrogens with zero attached hydrogens (tertiary/aromatic N) is 2. The smallest absolute Gasteiger partial charge is 0.0956 e. The van der Waals surface area contributed by atoms with Crippen molar-refractivity contribution in [1.29, 1.82) is 0 Å². The Morgan fingerprint density at radius 3 is 2.84 bits per heavy atom.